The molecule has 0 fully saturated rings. The zero-order valence-electron chi connectivity index (χ0n) is 8.18. The minimum Gasteiger partial charge on any atom is -0.368 e. The Morgan fingerprint density at radius 2 is 2.25 bits per heavy atom. The maximum absolute atomic E-state index is 11.9. The van der Waals surface area contributed by atoms with Crippen molar-refractivity contribution in [2.75, 3.05) is 0 Å². The van der Waals surface area contributed by atoms with Gasteiger partial charge in [0.05, 0.1) is 17.2 Å². The molecule has 1 aromatic carbocycles. The Labute approximate surface area is 99.0 Å². The van der Waals surface area contributed by atoms with E-state index < -0.39 is 5.91 Å². The molecule has 0 atom stereocenters. The fourth-order valence-corrected chi connectivity index (χ4v) is 1.77. The van der Waals surface area contributed by atoms with Gasteiger partial charge in [0, 0.05) is 4.47 Å². The summed E-state index contributed by atoms with van der Waals surface area (Å²) in [6, 6.07) is 5.20. The lowest BCUT2D eigenvalue weighted by molar-refractivity contribution is -0.118. The maximum atomic E-state index is 11.9. The monoisotopic (exact) mass is 281 g/mol. The van der Waals surface area contributed by atoms with Gasteiger partial charge in [0.15, 0.2) is 0 Å². The number of aromatic nitrogens is 2. The van der Waals surface area contributed by atoms with E-state index >= 15 is 0 Å². The average molecular weight is 282 g/mol. The van der Waals surface area contributed by atoms with Crippen molar-refractivity contribution < 1.29 is 4.79 Å². The lowest BCUT2D eigenvalue weighted by Gasteiger charge is -2.03. The number of rotatable bonds is 2. The van der Waals surface area contributed by atoms with Crippen LogP contribution in [-0.4, -0.2) is 15.5 Å². The second kappa shape index (κ2) is 4.05. The standard InChI is InChI=1S/C10H8BrN3O2/c11-6-1-2-8-7(3-6)10(16)14(5-13-8)4-9(12)15/h1-3,5H,4H2,(H2,12,15). The van der Waals surface area contributed by atoms with Gasteiger partial charge in [-0.1, -0.05) is 15.9 Å². The fraction of sp³-hybridized carbons (Fsp3) is 0.100. The summed E-state index contributed by atoms with van der Waals surface area (Å²) in [5.41, 5.74) is 5.35. The van der Waals surface area contributed by atoms with Crippen molar-refractivity contribution in [3.8, 4) is 0 Å². The number of hydrogen-bond donors (Lipinski definition) is 1. The number of nitrogens with two attached hydrogens (primary N) is 1. The molecule has 2 rings (SSSR count). The minimum atomic E-state index is -0.571. The lowest BCUT2D eigenvalue weighted by Crippen LogP contribution is -2.28. The molecule has 0 aliphatic heterocycles. The summed E-state index contributed by atoms with van der Waals surface area (Å²) in [5, 5.41) is 0.457. The summed E-state index contributed by atoms with van der Waals surface area (Å²) < 4.78 is 1.98. The van der Waals surface area contributed by atoms with Gasteiger partial charge in [0.1, 0.15) is 6.54 Å². The van der Waals surface area contributed by atoms with E-state index in [1.165, 1.54) is 10.9 Å². The molecule has 2 aromatic rings. The number of fused-ring (bicyclic) bond motifs is 1. The number of benzene rings is 1. The summed E-state index contributed by atoms with van der Waals surface area (Å²) in [6.45, 7) is -0.158. The van der Waals surface area contributed by atoms with Gasteiger partial charge in [-0.15, -0.1) is 0 Å². The predicted octanol–water partition coefficient (Wildman–Crippen LogP) is 0.644. The number of amides is 1. The van der Waals surface area contributed by atoms with Crippen LogP contribution in [-0.2, 0) is 11.3 Å². The quantitative estimate of drug-likeness (QED) is 0.878. The van der Waals surface area contributed by atoms with Crippen molar-refractivity contribution in [3.63, 3.8) is 0 Å². The highest BCUT2D eigenvalue weighted by Gasteiger charge is 2.06. The third kappa shape index (κ3) is 1.96. The Hall–Kier alpha value is -1.69. The Morgan fingerprint density at radius 1 is 1.50 bits per heavy atom. The van der Waals surface area contributed by atoms with Gasteiger partial charge < -0.3 is 5.73 Å². The molecule has 6 heteroatoms. The van der Waals surface area contributed by atoms with Crippen molar-refractivity contribution in [1.29, 1.82) is 0 Å². The van der Waals surface area contributed by atoms with Crippen LogP contribution >= 0.6 is 15.9 Å². The third-order valence-electron chi connectivity index (χ3n) is 2.11. The van der Waals surface area contributed by atoms with Gasteiger partial charge in [0.2, 0.25) is 5.91 Å². The van der Waals surface area contributed by atoms with Gasteiger partial charge in [-0.3, -0.25) is 14.2 Å². The Kier molecular flexibility index (Phi) is 2.74. The first-order valence-electron chi connectivity index (χ1n) is 4.51. The van der Waals surface area contributed by atoms with Crippen LogP contribution in [0.3, 0.4) is 0 Å². The van der Waals surface area contributed by atoms with Crippen LogP contribution in [0.5, 0.6) is 0 Å². The summed E-state index contributed by atoms with van der Waals surface area (Å²) in [5.74, 6) is -0.571. The molecule has 82 valence electrons. The molecule has 0 aliphatic rings. The van der Waals surface area contributed by atoms with Gasteiger partial charge >= 0.3 is 0 Å². The van der Waals surface area contributed by atoms with E-state index in [0.29, 0.717) is 10.9 Å². The molecule has 16 heavy (non-hydrogen) atoms. The molecule has 0 bridgehead atoms. The van der Waals surface area contributed by atoms with Crippen LogP contribution in [0, 0.1) is 0 Å². The second-order valence-electron chi connectivity index (χ2n) is 3.31. The van der Waals surface area contributed by atoms with E-state index in [0.717, 1.165) is 4.47 Å². The van der Waals surface area contributed by atoms with Gasteiger partial charge in [-0.2, -0.15) is 0 Å². The van der Waals surface area contributed by atoms with E-state index in [4.69, 9.17) is 5.73 Å². The van der Waals surface area contributed by atoms with Crippen LogP contribution in [0.1, 0.15) is 0 Å². The van der Waals surface area contributed by atoms with Gasteiger partial charge in [-0.05, 0) is 18.2 Å². The van der Waals surface area contributed by atoms with Gasteiger partial charge in [0.25, 0.3) is 5.56 Å². The maximum Gasteiger partial charge on any atom is 0.261 e. The zero-order chi connectivity index (χ0) is 11.7. The smallest absolute Gasteiger partial charge is 0.261 e. The number of carbonyl (C=O) groups excluding carboxylic acids is 1. The first-order valence-corrected chi connectivity index (χ1v) is 5.30. The highest BCUT2D eigenvalue weighted by Crippen LogP contribution is 2.14. The van der Waals surface area contributed by atoms with Crippen LogP contribution in [0.2, 0.25) is 0 Å². The summed E-state index contributed by atoms with van der Waals surface area (Å²) in [4.78, 5) is 26.7. The van der Waals surface area contributed by atoms with Crippen LogP contribution in [0.4, 0.5) is 0 Å². The number of halogens is 1. The molecule has 0 radical (unpaired) electrons. The van der Waals surface area contributed by atoms with Crippen LogP contribution < -0.4 is 11.3 Å². The highest BCUT2D eigenvalue weighted by molar-refractivity contribution is 9.10. The fourth-order valence-electron chi connectivity index (χ4n) is 1.41. The lowest BCUT2D eigenvalue weighted by atomic mass is 10.2. The molecule has 5 nitrogen and oxygen atoms in total. The Morgan fingerprint density at radius 3 is 2.94 bits per heavy atom. The summed E-state index contributed by atoms with van der Waals surface area (Å²) in [7, 11) is 0. The first-order chi connectivity index (χ1) is 7.58. The van der Waals surface area contributed by atoms with Gasteiger partial charge in [-0.25, -0.2) is 4.98 Å². The second-order valence-corrected chi connectivity index (χ2v) is 4.22. The average Bonchev–Trinajstić information content (AvgIpc) is 2.22. The molecule has 0 saturated carbocycles. The van der Waals surface area contributed by atoms with E-state index in [-0.39, 0.29) is 12.1 Å². The SMILES string of the molecule is NC(=O)Cn1cnc2ccc(Br)cc2c1=O. The number of primary amides is 1. The molecule has 0 unspecified atom stereocenters. The first kappa shape index (κ1) is 10.8. The van der Waals surface area contributed by atoms with Crippen LogP contribution in [0.15, 0.2) is 33.8 Å². The third-order valence-corrected chi connectivity index (χ3v) is 2.61. The summed E-state index contributed by atoms with van der Waals surface area (Å²) >= 11 is 3.27. The van der Waals surface area contributed by atoms with Crippen molar-refractivity contribution in [1.82, 2.24) is 9.55 Å². The topological polar surface area (TPSA) is 78.0 Å². The molecule has 1 aromatic heterocycles. The predicted molar refractivity (Wildman–Crippen MR) is 62.9 cm³/mol. The van der Waals surface area contributed by atoms with E-state index in [1.807, 2.05) is 0 Å². The van der Waals surface area contributed by atoms with Crippen molar-refractivity contribution in [3.05, 3.63) is 39.4 Å². The molecular weight excluding hydrogens is 274 g/mol. The van der Waals surface area contributed by atoms with E-state index in [2.05, 4.69) is 20.9 Å². The Balaban J connectivity index is 2.68. The van der Waals surface area contributed by atoms with Crippen molar-refractivity contribution >= 4 is 32.7 Å². The largest absolute Gasteiger partial charge is 0.368 e. The molecule has 2 N–H and O–H groups in total. The summed E-state index contributed by atoms with van der Waals surface area (Å²) in [6.07, 6.45) is 1.32. The molecule has 0 spiro atoms. The molecule has 1 heterocycles. The van der Waals surface area contributed by atoms with Crippen molar-refractivity contribution in [2.45, 2.75) is 6.54 Å². The highest BCUT2D eigenvalue weighted by atomic mass is 79.9. The minimum absolute atomic E-state index is 0.158. The zero-order valence-corrected chi connectivity index (χ0v) is 9.77. The molecule has 1 amide bonds. The van der Waals surface area contributed by atoms with Crippen molar-refractivity contribution in [2.24, 2.45) is 5.73 Å². The molecule has 0 aliphatic carbocycles. The number of hydrogen-bond acceptors (Lipinski definition) is 3. The van der Waals surface area contributed by atoms with E-state index in [1.54, 1.807) is 18.2 Å². The van der Waals surface area contributed by atoms with E-state index in [9.17, 15) is 9.59 Å². The normalized spacial score (nSPS) is 10.6. The van der Waals surface area contributed by atoms with Crippen LogP contribution in [0.25, 0.3) is 10.9 Å². The molecular formula is C10H8BrN3O2. The number of nitrogens with zero attached hydrogens (tertiary/aromatic N) is 2. The Bertz CT molecular complexity index is 621. The molecule has 0 saturated heterocycles. The number of carbonyl (C=O) groups is 1.